The first-order valence-corrected chi connectivity index (χ1v) is 11.3. The van der Waals surface area contributed by atoms with Crippen LogP contribution >= 0.6 is 0 Å². The van der Waals surface area contributed by atoms with E-state index < -0.39 is 0 Å². The number of aryl methyl sites for hydroxylation is 1. The zero-order valence-corrected chi connectivity index (χ0v) is 18.4. The average Bonchev–Trinajstić information content (AvgIpc) is 3.29. The van der Waals surface area contributed by atoms with Crippen LogP contribution in [0.2, 0.25) is 0 Å². The molecule has 1 N–H and O–H groups in total. The Morgan fingerprint density at radius 3 is 2.64 bits per heavy atom. The van der Waals surface area contributed by atoms with E-state index in [1.807, 2.05) is 36.4 Å². The number of nitrogens with one attached hydrogen (secondary N) is 1. The van der Waals surface area contributed by atoms with Crippen molar-refractivity contribution < 1.29 is 4.79 Å². The topological polar surface area (TPSA) is 71.0 Å². The number of aromatic amines is 1. The molecule has 2 unspecified atom stereocenters. The first-order chi connectivity index (χ1) is 16.1. The Hall–Kier alpha value is -3.93. The Bertz CT molecular complexity index is 1460. The lowest BCUT2D eigenvalue weighted by Gasteiger charge is -2.34. The second kappa shape index (κ2) is 7.59. The van der Waals surface area contributed by atoms with Crippen molar-refractivity contribution in [1.82, 2.24) is 19.4 Å². The number of fused-ring (bicyclic) bond motifs is 3. The molecule has 1 amide bonds. The number of carbonyl (C=O) groups excluding carboxylic acids is 1. The summed E-state index contributed by atoms with van der Waals surface area (Å²) >= 11 is 0. The van der Waals surface area contributed by atoms with Gasteiger partial charge < -0.3 is 4.90 Å². The summed E-state index contributed by atoms with van der Waals surface area (Å²) in [5.74, 6) is 0.0794. The van der Waals surface area contributed by atoms with E-state index in [-0.39, 0.29) is 23.7 Å². The fourth-order valence-electron chi connectivity index (χ4n) is 5.25. The molecule has 6 rings (SSSR count). The summed E-state index contributed by atoms with van der Waals surface area (Å²) in [6, 6.07) is 20.5. The minimum absolute atomic E-state index is 0.0794. The third kappa shape index (κ3) is 3.30. The van der Waals surface area contributed by atoms with Crippen LogP contribution in [0.15, 0.2) is 77.7 Å². The first-order valence-electron chi connectivity index (χ1n) is 11.3. The van der Waals surface area contributed by atoms with Gasteiger partial charge in [0.15, 0.2) is 5.65 Å². The number of rotatable bonds is 3. The number of carbonyl (C=O) groups is 1. The second-order valence-electron chi connectivity index (χ2n) is 8.93. The van der Waals surface area contributed by atoms with Gasteiger partial charge in [0.25, 0.3) is 5.91 Å². The van der Waals surface area contributed by atoms with Gasteiger partial charge in [-0.3, -0.25) is 14.3 Å². The van der Waals surface area contributed by atoms with Crippen molar-refractivity contribution in [2.24, 2.45) is 7.05 Å². The van der Waals surface area contributed by atoms with Crippen LogP contribution < -0.4 is 5.69 Å². The van der Waals surface area contributed by atoms with Crippen LogP contribution in [0.5, 0.6) is 0 Å². The summed E-state index contributed by atoms with van der Waals surface area (Å²) in [7, 11) is 1.72. The molecule has 1 fully saturated rings. The van der Waals surface area contributed by atoms with Gasteiger partial charge in [-0.1, -0.05) is 48.5 Å². The molecule has 6 heteroatoms. The van der Waals surface area contributed by atoms with Gasteiger partial charge in [0.2, 0.25) is 0 Å². The molecule has 0 saturated carbocycles. The van der Waals surface area contributed by atoms with Crippen molar-refractivity contribution in [3.05, 3.63) is 94.5 Å². The van der Waals surface area contributed by atoms with Gasteiger partial charge in [0, 0.05) is 30.4 Å². The number of H-pyrrole nitrogens is 1. The van der Waals surface area contributed by atoms with Gasteiger partial charge in [-0.15, -0.1) is 0 Å². The quantitative estimate of drug-likeness (QED) is 0.518. The zero-order valence-electron chi connectivity index (χ0n) is 18.4. The number of amides is 1. The highest BCUT2D eigenvalue weighted by Crippen LogP contribution is 2.39. The molecule has 0 spiro atoms. The Balaban J connectivity index is 1.31. The molecule has 0 aliphatic carbocycles. The summed E-state index contributed by atoms with van der Waals surface area (Å²) in [5.41, 5.74) is 6.17. The Labute approximate surface area is 191 Å². The zero-order chi connectivity index (χ0) is 22.5. The lowest BCUT2D eigenvalue weighted by molar-refractivity contribution is 0.0692. The van der Waals surface area contributed by atoms with Crippen LogP contribution in [0.25, 0.3) is 27.9 Å². The predicted octanol–water partition coefficient (Wildman–Crippen LogP) is 4.39. The van der Waals surface area contributed by atoms with Crippen molar-refractivity contribution in [2.45, 2.75) is 31.3 Å². The monoisotopic (exact) mass is 436 g/mol. The predicted molar refractivity (Wildman–Crippen MR) is 129 cm³/mol. The molecule has 6 nitrogen and oxygen atoms in total. The summed E-state index contributed by atoms with van der Waals surface area (Å²) < 4.78 is 1.54. The molecule has 2 aromatic heterocycles. The van der Waals surface area contributed by atoms with E-state index in [4.69, 9.17) is 0 Å². The van der Waals surface area contributed by atoms with E-state index in [1.165, 1.54) is 11.1 Å². The lowest BCUT2D eigenvalue weighted by atomic mass is 9.94. The molecule has 164 valence electrons. The maximum atomic E-state index is 13.6. The van der Waals surface area contributed by atoms with E-state index >= 15 is 0 Å². The van der Waals surface area contributed by atoms with Crippen LogP contribution in [-0.2, 0) is 7.05 Å². The third-order valence-electron chi connectivity index (χ3n) is 6.98. The molecule has 1 saturated heterocycles. The van der Waals surface area contributed by atoms with Gasteiger partial charge in [0.1, 0.15) is 0 Å². The highest BCUT2D eigenvalue weighted by atomic mass is 16.2. The highest BCUT2D eigenvalue weighted by molar-refractivity contribution is 5.97. The molecule has 4 aromatic rings. The number of pyridine rings is 1. The van der Waals surface area contributed by atoms with E-state index in [1.54, 1.807) is 17.8 Å². The van der Waals surface area contributed by atoms with E-state index in [0.29, 0.717) is 11.2 Å². The molecule has 2 aliphatic rings. The molecule has 4 heterocycles. The van der Waals surface area contributed by atoms with Gasteiger partial charge in [-0.25, -0.2) is 9.78 Å². The van der Waals surface area contributed by atoms with Crippen LogP contribution in [-0.4, -0.2) is 37.4 Å². The molecular weight excluding hydrogens is 412 g/mol. The maximum Gasteiger partial charge on any atom is 0.327 e. The van der Waals surface area contributed by atoms with Crippen molar-refractivity contribution in [3.63, 3.8) is 0 Å². The van der Waals surface area contributed by atoms with E-state index in [2.05, 4.69) is 45.2 Å². The summed E-state index contributed by atoms with van der Waals surface area (Å²) in [5, 5.41) is 0. The van der Waals surface area contributed by atoms with Gasteiger partial charge in [-0.05, 0) is 54.2 Å². The molecule has 0 radical (unpaired) electrons. The van der Waals surface area contributed by atoms with Crippen molar-refractivity contribution in [3.8, 4) is 11.1 Å². The average molecular weight is 437 g/mol. The SMILES string of the molecule is Cn1c(=O)[nH]c2ncc(-c3cccc(C(=O)N4C5C=C(c6ccccc6)CC4CC5)c3)cc21. The van der Waals surface area contributed by atoms with Crippen molar-refractivity contribution in [1.29, 1.82) is 0 Å². The van der Waals surface area contributed by atoms with Crippen molar-refractivity contribution >= 4 is 22.6 Å². The van der Waals surface area contributed by atoms with Gasteiger partial charge >= 0.3 is 5.69 Å². The standard InChI is InChI=1S/C27H24N4O2/c1-30-24-15-21(16-28-25(24)29-27(30)33)18-8-5-9-19(12-18)26(32)31-22-10-11-23(31)14-20(13-22)17-6-3-2-4-7-17/h2-9,12-13,15-16,22-23H,10-11,14H2,1H3,(H,28,29,33). The number of hydrogen-bond donors (Lipinski definition) is 1. The minimum Gasteiger partial charge on any atom is -0.329 e. The van der Waals surface area contributed by atoms with E-state index in [9.17, 15) is 9.59 Å². The fourth-order valence-corrected chi connectivity index (χ4v) is 5.25. The summed E-state index contributed by atoms with van der Waals surface area (Å²) in [6.45, 7) is 0. The minimum atomic E-state index is -0.193. The summed E-state index contributed by atoms with van der Waals surface area (Å²) in [6.07, 6.45) is 6.96. The molecule has 2 bridgehead atoms. The van der Waals surface area contributed by atoms with E-state index in [0.717, 1.165) is 35.9 Å². The number of imidazole rings is 1. The van der Waals surface area contributed by atoms with Crippen LogP contribution in [0.1, 0.15) is 35.2 Å². The highest BCUT2D eigenvalue weighted by Gasteiger charge is 2.40. The number of nitrogens with zero attached hydrogens (tertiary/aromatic N) is 3. The fraction of sp³-hybridized carbons (Fsp3) is 0.222. The van der Waals surface area contributed by atoms with Gasteiger partial charge in [0.05, 0.1) is 11.6 Å². The Kier molecular flexibility index (Phi) is 4.54. The first kappa shape index (κ1) is 19.7. The Morgan fingerprint density at radius 1 is 1.00 bits per heavy atom. The van der Waals surface area contributed by atoms with Crippen LogP contribution in [0, 0.1) is 0 Å². The third-order valence-corrected chi connectivity index (χ3v) is 6.98. The molecule has 2 atom stereocenters. The lowest BCUT2D eigenvalue weighted by Crippen LogP contribution is -2.42. The Morgan fingerprint density at radius 2 is 1.82 bits per heavy atom. The molecule has 2 aliphatic heterocycles. The normalized spacial score (nSPS) is 19.7. The number of hydrogen-bond acceptors (Lipinski definition) is 3. The maximum absolute atomic E-state index is 13.6. The number of aromatic nitrogens is 3. The van der Waals surface area contributed by atoms with Crippen LogP contribution in [0.3, 0.4) is 0 Å². The molecule has 2 aromatic carbocycles. The smallest absolute Gasteiger partial charge is 0.327 e. The molecular formula is C27H24N4O2. The van der Waals surface area contributed by atoms with Crippen LogP contribution in [0.4, 0.5) is 0 Å². The van der Waals surface area contributed by atoms with Crippen molar-refractivity contribution in [2.75, 3.05) is 0 Å². The largest absolute Gasteiger partial charge is 0.329 e. The molecule has 33 heavy (non-hydrogen) atoms. The second-order valence-corrected chi connectivity index (χ2v) is 8.93. The summed E-state index contributed by atoms with van der Waals surface area (Å²) in [4.78, 5) is 34.7. The van der Waals surface area contributed by atoms with Gasteiger partial charge in [-0.2, -0.15) is 0 Å². The number of benzene rings is 2.